The van der Waals surface area contributed by atoms with E-state index in [0.29, 0.717) is 31.2 Å². The van der Waals surface area contributed by atoms with Gasteiger partial charge < -0.3 is 20.1 Å². The van der Waals surface area contributed by atoms with Crippen LogP contribution in [0.25, 0.3) is 0 Å². The standard InChI is InChI=1S/C22H33F2N5O2.HI/c1-6-17-16(18(7-2)29(5)28-17)14-27-22(25-8-3)26-13-15-11-10-12-19(30-9-4)20(15)31-21(23)24;/h10-12,21H,6-9,13-14H2,1-5H3,(H2,25,26,27);1H. The van der Waals surface area contributed by atoms with Gasteiger partial charge in [-0.1, -0.05) is 26.0 Å². The Hall–Kier alpha value is -2.11. The first-order chi connectivity index (χ1) is 14.9. The summed E-state index contributed by atoms with van der Waals surface area (Å²) < 4.78 is 38.0. The van der Waals surface area contributed by atoms with Crippen LogP contribution in [0.2, 0.25) is 0 Å². The Morgan fingerprint density at radius 1 is 1.16 bits per heavy atom. The Morgan fingerprint density at radius 3 is 2.50 bits per heavy atom. The van der Waals surface area contributed by atoms with Crippen LogP contribution in [0.15, 0.2) is 23.2 Å². The van der Waals surface area contributed by atoms with Gasteiger partial charge in [-0.2, -0.15) is 13.9 Å². The number of hydrogen-bond donors (Lipinski definition) is 2. The molecule has 2 aromatic rings. The fourth-order valence-electron chi connectivity index (χ4n) is 3.45. The zero-order valence-corrected chi connectivity index (χ0v) is 21.7. The molecule has 1 heterocycles. The normalized spacial score (nSPS) is 11.3. The zero-order chi connectivity index (χ0) is 22.8. The second kappa shape index (κ2) is 14.1. The summed E-state index contributed by atoms with van der Waals surface area (Å²) in [7, 11) is 1.96. The predicted molar refractivity (Wildman–Crippen MR) is 133 cm³/mol. The SMILES string of the molecule is CCNC(=NCc1cccc(OCC)c1OC(F)F)NCc1c(CC)nn(C)c1CC.I. The number of guanidine groups is 1. The first kappa shape index (κ1) is 27.9. The summed E-state index contributed by atoms with van der Waals surface area (Å²) in [5.74, 6) is 0.886. The van der Waals surface area contributed by atoms with E-state index >= 15 is 0 Å². The van der Waals surface area contributed by atoms with E-state index in [9.17, 15) is 8.78 Å². The third-order valence-electron chi connectivity index (χ3n) is 4.78. The van der Waals surface area contributed by atoms with Crippen LogP contribution < -0.4 is 20.1 Å². The summed E-state index contributed by atoms with van der Waals surface area (Å²) in [5.41, 5.74) is 3.92. The minimum Gasteiger partial charge on any atom is -0.490 e. The van der Waals surface area contributed by atoms with Crippen molar-refractivity contribution in [1.29, 1.82) is 0 Å². The number of halogens is 3. The lowest BCUT2D eigenvalue weighted by Crippen LogP contribution is -2.37. The van der Waals surface area contributed by atoms with Gasteiger partial charge in [0.15, 0.2) is 17.5 Å². The van der Waals surface area contributed by atoms with Crippen molar-refractivity contribution in [3.05, 3.63) is 40.7 Å². The molecule has 0 aliphatic heterocycles. The van der Waals surface area contributed by atoms with Crippen LogP contribution in [-0.4, -0.2) is 35.5 Å². The van der Waals surface area contributed by atoms with Gasteiger partial charge in [0.25, 0.3) is 0 Å². The van der Waals surface area contributed by atoms with Crippen molar-refractivity contribution in [3.8, 4) is 11.5 Å². The van der Waals surface area contributed by atoms with Crippen LogP contribution in [0.3, 0.4) is 0 Å². The van der Waals surface area contributed by atoms with Crippen molar-refractivity contribution < 1.29 is 18.3 Å². The number of nitrogens with zero attached hydrogens (tertiary/aromatic N) is 3. The molecule has 0 aliphatic carbocycles. The van der Waals surface area contributed by atoms with Gasteiger partial charge in [0.2, 0.25) is 0 Å². The van der Waals surface area contributed by atoms with E-state index in [-0.39, 0.29) is 42.0 Å². The molecule has 0 unspecified atom stereocenters. The summed E-state index contributed by atoms with van der Waals surface area (Å²) in [6.07, 6.45) is 1.73. The molecular formula is C22H34F2IN5O2. The van der Waals surface area contributed by atoms with Gasteiger partial charge in [0.1, 0.15) is 0 Å². The highest BCUT2D eigenvalue weighted by atomic mass is 127. The summed E-state index contributed by atoms with van der Waals surface area (Å²) in [5, 5.41) is 11.1. The Kier molecular flexibility index (Phi) is 12.3. The quantitative estimate of drug-likeness (QED) is 0.240. The average molecular weight is 565 g/mol. The molecule has 0 saturated carbocycles. The van der Waals surface area contributed by atoms with Crippen molar-refractivity contribution in [1.82, 2.24) is 20.4 Å². The molecule has 1 aromatic heterocycles. The third-order valence-corrected chi connectivity index (χ3v) is 4.78. The van der Waals surface area contributed by atoms with E-state index in [1.54, 1.807) is 25.1 Å². The lowest BCUT2D eigenvalue weighted by atomic mass is 10.1. The van der Waals surface area contributed by atoms with Gasteiger partial charge >= 0.3 is 6.61 Å². The van der Waals surface area contributed by atoms with Gasteiger partial charge in [-0.25, -0.2) is 4.99 Å². The topological polar surface area (TPSA) is 72.7 Å². The number of benzene rings is 1. The number of aromatic nitrogens is 2. The molecule has 0 atom stereocenters. The fourth-order valence-corrected chi connectivity index (χ4v) is 3.45. The van der Waals surface area contributed by atoms with Crippen LogP contribution in [0.4, 0.5) is 8.78 Å². The molecule has 1 aromatic carbocycles. The Balaban J connectivity index is 0.00000512. The maximum Gasteiger partial charge on any atom is 0.387 e. The smallest absolute Gasteiger partial charge is 0.387 e. The number of para-hydroxylation sites is 1. The number of nitrogens with one attached hydrogen (secondary N) is 2. The predicted octanol–water partition coefficient (Wildman–Crippen LogP) is 4.42. The lowest BCUT2D eigenvalue weighted by Gasteiger charge is -2.16. The van der Waals surface area contributed by atoms with Crippen molar-refractivity contribution >= 4 is 29.9 Å². The lowest BCUT2D eigenvalue weighted by molar-refractivity contribution is -0.0520. The third kappa shape index (κ3) is 7.49. The molecule has 0 radical (unpaired) electrons. The van der Waals surface area contributed by atoms with Crippen LogP contribution in [0, 0.1) is 0 Å². The fraction of sp³-hybridized carbons (Fsp3) is 0.545. The molecule has 0 saturated heterocycles. The molecule has 0 fully saturated rings. The molecule has 0 amide bonds. The van der Waals surface area contributed by atoms with Crippen LogP contribution >= 0.6 is 24.0 Å². The molecule has 32 heavy (non-hydrogen) atoms. The second-order valence-electron chi connectivity index (χ2n) is 6.81. The number of ether oxygens (including phenoxy) is 2. The van der Waals surface area contributed by atoms with E-state index in [2.05, 4.69) is 34.6 Å². The highest BCUT2D eigenvalue weighted by Crippen LogP contribution is 2.33. The van der Waals surface area contributed by atoms with Gasteiger partial charge in [0.05, 0.1) is 18.8 Å². The first-order valence-corrected chi connectivity index (χ1v) is 10.7. The number of alkyl halides is 2. The van der Waals surface area contributed by atoms with Crippen molar-refractivity contribution in [3.63, 3.8) is 0 Å². The van der Waals surface area contributed by atoms with Crippen LogP contribution in [-0.2, 0) is 33.0 Å². The molecule has 2 rings (SSSR count). The van der Waals surface area contributed by atoms with Gasteiger partial charge in [-0.3, -0.25) is 4.68 Å². The molecule has 180 valence electrons. The number of aliphatic imine (C=N–C) groups is 1. The Morgan fingerprint density at radius 2 is 1.91 bits per heavy atom. The number of hydrogen-bond acceptors (Lipinski definition) is 4. The molecule has 0 bridgehead atoms. The van der Waals surface area contributed by atoms with Crippen LogP contribution in [0.5, 0.6) is 11.5 Å². The van der Waals surface area contributed by atoms with Crippen molar-refractivity contribution in [2.24, 2.45) is 12.0 Å². The highest BCUT2D eigenvalue weighted by molar-refractivity contribution is 14.0. The summed E-state index contributed by atoms with van der Waals surface area (Å²) in [6, 6.07) is 5.06. The summed E-state index contributed by atoms with van der Waals surface area (Å²) in [4.78, 5) is 4.57. The second-order valence-corrected chi connectivity index (χ2v) is 6.81. The highest BCUT2D eigenvalue weighted by Gasteiger charge is 2.16. The van der Waals surface area contributed by atoms with Crippen LogP contribution in [0.1, 0.15) is 50.2 Å². The first-order valence-electron chi connectivity index (χ1n) is 10.7. The molecule has 7 nitrogen and oxygen atoms in total. The van der Waals surface area contributed by atoms with E-state index < -0.39 is 6.61 Å². The minimum atomic E-state index is -2.94. The maximum atomic E-state index is 12.9. The van der Waals surface area contributed by atoms with Gasteiger partial charge in [-0.15, -0.1) is 24.0 Å². The molecule has 0 spiro atoms. The van der Waals surface area contributed by atoms with E-state index in [1.807, 2.05) is 18.7 Å². The maximum absolute atomic E-state index is 12.9. The average Bonchev–Trinajstić information content (AvgIpc) is 3.06. The molecule has 0 aliphatic rings. The molecule has 10 heteroatoms. The summed E-state index contributed by atoms with van der Waals surface area (Å²) >= 11 is 0. The van der Waals surface area contributed by atoms with Gasteiger partial charge in [-0.05, 0) is 32.8 Å². The number of aryl methyl sites for hydroxylation is 2. The summed E-state index contributed by atoms with van der Waals surface area (Å²) in [6.45, 7) is 6.75. The van der Waals surface area contributed by atoms with Crippen molar-refractivity contribution in [2.75, 3.05) is 13.2 Å². The largest absolute Gasteiger partial charge is 0.490 e. The van der Waals surface area contributed by atoms with E-state index in [1.165, 1.54) is 5.69 Å². The Bertz CT molecular complexity index is 874. The van der Waals surface area contributed by atoms with E-state index in [0.717, 1.165) is 24.1 Å². The monoisotopic (exact) mass is 565 g/mol. The zero-order valence-electron chi connectivity index (χ0n) is 19.4. The molecule has 2 N–H and O–H groups in total. The minimum absolute atomic E-state index is 0. The Labute approximate surface area is 206 Å². The van der Waals surface area contributed by atoms with E-state index in [4.69, 9.17) is 9.47 Å². The molecular weight excluding hydrogens is 531 g/mol. The van der Waals surface area contributed by atoms with Crippen molar-refractivity contribution in [2.45, 2.75) is 60.2 Å². The van der Waals surface area contributed by atoms with Gasteiger partial charge in [0, 0.05) is 37.0 Å². The number of rotatable bonds is 11.